The Balaban J connectivity index is 2.34. The summed E-state index contributed by atoms with van der Waals surface area (Å²) in [7, 11) is 1.71. The van der Waals surface area contributed by atoms with Gasteiger partial charge in [-0.3, -0.25) is 9.48 Å². The molecule has 2 aromatic rings. The van der Waals surface area contributed by atoms with Crippen molar-refractivity contribution in [3.8, 4) is 0 Å². The molecular weight excluding hydrogens is 252 g/mol. The van der Waals surface area contributed by atoms with Gasteiger partial charge in [0.1, 0.15) is 0 Å². The molecule has 0 atom stereocenters. The van der Waals surface area contributed by atoms with E-state index in [4.69, 9.17) is 0 Å². The lowest BCUT2D eigenvalue weighted by atomic mass is 10.1. The standard InChI is InChI=1S/C13H13F2N3O/c1-7-11(8(2)18(3)17-7)13(19)16-10-6-4-5-9(14)12(10)15/h4-6H,1-3H3,(H,16,19). The Bertz CT molecular complexity index is 650. The topological polar surface area (TPSA) is 46.9 Å². The van der Waals surface area contributed by atoms with Crippen molar-refractivity contribution in [1.29, 1.82) is 0 Å². The molecule has 2 rings (SSSR count). The molecule has 0 aliphatic heterocycles. The number of rotatable bonds is 2. The number of carbonyl (C=O) groups is 1. The van der Waals surface area contributed by atoms with Crippen LogP contribution in [0.4, 0.5) is 14.5 Å². The number of aromatic nitrogens is 2. The monoisotopic (exact) mass is 265 g/mol. The smallest absolute Gasteiger partial charge is 0.259 e. The van der Waals surface area contributed by atoms with Crippen molar-refractivity contribution < 1.29 is 13.6 Å². The van der Waals surface area contributed by atoms with E-state index in [0.717, 1.165) is 6.07 Å². The predicted octanol–water partition coefficient (Wildman–Crippen LogP) is 2.57. The van der Waals surface area contributed by atoms with E-state index < -0.39 is 17.5 Å². The molecule has 1 aromatic heterocycles. The summed E-state index contributed by atoms with van der Waals surface area (Å²) < 4.78 is 28.1. The van der Waals surface area contributed by atoms with Crippen molar-refractivity contribution >= 4 is 11.6 Å². The number of halogens is 2. The predicted molar refractivity (Wildman–Crippen MR) is 67.0 cm³/mol. The number of anilines is 1. The summed E-state index contributed by atoms with van der Waals surface area (Å²) in [6, 6.07) is 3.62. The van der Waals surface area contributed by atoms with Crippen molar-refractivity contribution in [2.45, 2.75) is 13.8 Å². The first-order valence-electron chi connectivity index (χ1n) is 5.67. The summed E-state index contributed by atoms with van der Waals surface area (Å²) in [4.78, 5) is 12.1. The Morgan fingerprint density at radius 1 is 1.32 bits per heavy atom. The molecule has 0 aliphatic rings. The molecule has 19 heavy (non-hydrogen) atoms. The van der Waals surface area contributed by atoms with Crippen molar-refractivity contribution in [3.63, 3.8) is 0 Å². The van der Waals surface area contributed by atoms with Gasteiger partial charge in [-0.05, 0) is 26.0 Å². The first-order chi connectivity index (χ1) is 8.91. The van der Waals surface area contributed by atoms with Crippen LogP contribution in [0.2, 0.25) is 0 Å². The molecule has 1 N–H and O–H groups in total. The third kappa shape index (κ3) is 2.33. The quantitative estimate of drug-likeness (QED) is 0.907. The van der Waals surface area contributed by atoms with Crippen LogP contribution in [0, 0.1) is 25.5 Å². The molecule has 100 valence electrons. The molecule has 4 nitrogen and oxygen atoms in total. The second kappa shape index (κ2) is 4.79. The second-order valence-electron chi connectivity index (χ2n) is 4.22. The fourth-order valence-electron chi connectivity index (χ4n) is 1.89. The molecule has 0 unspecified atom stereocenters. The van der Waals surface area contributed by atoms with Crippen LogP contribution in [-0.2, 0) is 7.05 Å². The highest BCUT2D eigenvalue weighted by Crippen LogP contribution is 2.19. The van der Waals surface area contributed by atoms with Gasteiger partial charge in [0.15, 0.2) is 11.6 Å². The zero-order chi connectivity index (χ0) is 14.2. The summed E-state index contributed by atoms with van der Waals surface area (Å²) in [6.07, 6.45) is 0. The van der Waals surface area contributed by atoms with Crippen molar-refractivity contribution in [1.82, 2.24) is 9.78 Å². The van der Waals surface area contributed by atoms with Crippen LogP contribution in [-0.4, -0.2) is 15.7 Å². The van der Waals surface area contributed by atoms with Crippen molar-refractivity contribution in [2.75, 3.05) is 5.32 Å². The highest BCUT2D eigenvalue weighted by Gasteiger charge is 2.19. The van der Waals surface area contributed by atoms with Gasteiger partial charge in [0.25, 0.3) is 5.91 Å². The van der Waals surface area contributed by atoms with Crippen LogP contribution < -0.4 is 5.32 Å². The number of nitrogens with zero attached hydrogens (tertiary/aromatic N) is 2. The van der Waals surface area contributed by atoms with E-state index in [2.05, 4.69) is 10.4 Å². The lowest BCUT2D eigenvalue weighted by Crippen LogP contribution is -2.15. The summed E-state index contributed by atoms with van der Waals surface area (Å²) in [6.45, 7) is 3.42. The molecule has 6 heteroatoms. The van der Waals surface area contributed by atoms with Gasteiger partial charge in [-0.25, -0.2) is 8.78 Å². The largest absolute Gasteiger partial charge is 0.319 e. The van der Waals surface area contributed by atoms with Crippen LogP contribution in [0.15, 0.2) is 18.2 Å². The van der Waals surface area contributed by atoms with Gasteiger partial charge < -0.3 is 5.32 Å². The first kappa shape index (κ1) is 13.2. The average Bonchev–Trinajstić information content (AvgIpc) is 2.59. The average molecular weight is 265 g/mol. The maximum atomic E-state index is 13.5. The Labute approximate surface area is 109 Å². The highest BCUT2D eigenvalue weighted by atomic mass is 19.2. The minimum Gasteiger partial charge on any atom is -0.319 e. The summed E-state index contributed by atoms with van der Waals surface area (Å²) in [5, 5.41) is 6.46. The molecule has 0 saturated carbocycles. The zero-order valence-electron chi connectivity index (χ0n) is 10.8. The van der Waals surface area contributed by atoms with Gasteiger partial charge in [-0.2, -0.15) is 5.10 Å². The Morgan fingerprint density at radius 2 is 2.00 bits per heavy atom. The summed E-state index contributed by atoms with van der Waals surface area (Å²) in [5.41, 5.74) is 1.37. The number of hydrogen-bond donors (Lipinski definition) is 1. The Morgan fingerprint density at radius 3 is 2.58 bits per heavy atom. The zero-order valence-corrected chi connectivity index (χ0v) is 10.8. The van der Waals surface area contributed by atoms with Gasteiger partial charge in [-0.1, -0.05) is 6.07 Å². The molecule has 0 bridgehead atoms. The third-order valence-electron chi connectivity index (χ3n) is 2.94. The summed E-state index contributed by atoms with van der Waals surface area (Å²) in [5.74, 6) is -2.58. The SMILES string of the molecule is Cc1nn(C)c(C)c1C(=O)Nc1cccc(F)c1F. The van der Waals surface area contributed by atoms with Crippen LogP contribution >= 0.6 is 0 Å². The van der Waals surface area contributed by atoms with E-state index in [1.807, 2.05) is 0 Å². The van der Waals surface area contributed by atoms with E-state index in [9.17, 15) is 13.6 Å². The number of aryl methyl sites for hydroxylation is 2. The third-order valence-corrected chi connectivity index (χ3v) is 2.94. The number of benzene rings is 1. The van der Waals surface area contributed by atoms with Crippen LogP contribution in [0.25, 0.3) is 0 Å². The van der Waals surface area contributed by atoms with Gasteiger partial charge in [0.05, 0.1) is 16.9 Å². The lowest BCUT2D eigenvalue weighted by molar-refractivity contribution is 0.102. The number of nitrogens with one attached hydrogen (secondary N) is 1. The highest BCUT2D eigenvalue weighted by molar-refractivity contribution is 6.05. The fraction of sp³-hybridized carbons (Fsp3) is 0.231. The van der Waals surface area contributed by atoms with E-state index in [1.54, 1.807) is 25.6 Å². The molecule has 0 aliphatic carbocycles. The lowest BCUT2D eigenvalue weighted by Gasteiger charge is -2.07. The van der Waals surface area contributed by atoms with E-state index in [0.29, 0.717) is 17.0 Å². The molecule has 0 fully saturated rings. The molecule has 0 radical (unpaired) electrons. The summed E-state index contributed by atoms with van der Waals surface area (Å²) >= 11 is 0. The molecule has 1 amide bonds. The van der Waals surface area contributed by atoms with Crippen LogP contribution in [0.5, 0.6) is 0 Å². The molecule has 0 spiro atoms. The normalized spacial score (nSPS) is 10.6. The molecular formula is C13H13F2N3O. The van der Waals surface area contributed by atoms with E-state index in [1.165, 1.54) is 12.1 Å². The van der Waals surface area contributed by atoms with E-state index >= 15 is 0 Å². The van der Waals surface area contributed by atoms with Crippen LogP contribution in [0.3, 0.4) is 0 Å². The van der Waals surface area contributed by atoms with Crippen molar-refractivity contribution in [2.24, 2.45) is 7.05 Å². The van der Waals surface area contributed by atoms with Gasteiger partial charge in [-0.15, -0.1) is 0 Å². The van der Waals surface area contributed by atoms with Gasteiger partial charge in [0.2, 0.25) is 0 Å². The molecule has 1 heterocycles. The van der Waals surface area contributed by atoms with Gasteiger partial charge >= 0.3 is 0 Å². The fourth-order valence-corrected chi connectivity index (χ4v) is 1.89. The maximum absolute atomic E-state index is 13.5. The number of hydrogen-bond acceptors (Lipinski definition) is 2. The number of amides is 1. The van der Waals surface area contributed by atoms with Gasteiger partial charge in [0, 0.05) is 12.7 Å². The minimum absolute atomic E-state index is 0.187. The molecule has 1 aromatic carbocycles. The molecule has 0 saturated heterocycles. The van der Waals surface area contributed by atoms with Crippen LogP contribution in [0.1, 0.15) is 21.7 Å². The minimum atomic E-state index is -1.07. The van der Waals surface area contributed by atoms with Crippen molar-refractivity contribution in [3.05, 3.63) is 46.8 Å². The Kier molecular flexibility index (Phi) is 3.33. The number of carbonyl (C=O) groups excluding carboxylic acids is 1. The maximum Gasteiger partial charge on any atom is 0.259 e. The Hall–Kier alpha value is -2.24. The first-order valence-corrected chi connectivity index (χ1v) is 5.67. The van der Waals surface area contributed by atoms with E-state index in [-0.39, 0.29) is 5.69 Å². The second-order valence-corrected chi connectivity index (χ2v) is 4.22.